The molecule has 8 heteroatoms. The summed E-state index contributed by atoms with van der Waals surface area (Å²) in [5.41, 5.74) is 7.45. The molecule has 0 bridgehead atoms. The fourth-order valence-electron chi connectivity index (χ4n) is 2.70. The molecule has 2 unspecified atom stereocenters. The Hall–Kier alpha value is -2.52. The van der Waals surface area contributed by atoms with Crippen molar-refractivity contribution in [1.29, 1.82) is 0 Å². The molecule has 2 atom stereocenters. The van der Waals surface area contributed by atoms with Crippen LogP contribution in [0.4, 0.5) is 10.2 Å². The normalized spacial score (nSPS) is 13.3. The molecule has 0 amide bonds. The number of nitrogens with two attached hydrogens (primary N) is 1. The maximum Gasteiger partial charge on any atom is 0.181 e. The van der Waals surface area contributed by atoms with Gasteiger partial charge in [0.05, 0.1) is 42.1 Å². The summed E-state index contributed by atoms with van der Waals surface area (Å²) in [5.74, 6) is -0.204. The molecule has 28 heavy (non-hydrogen) atoms. The molecule has 1 aromatic heterocycles. The number of hydrogen-bond acceptors (Lipinski definition) is 6. The van der Waals surface area contributed by atoms with Crippen molar-refractivity contribution < 1.29 is 14.0 Å². The number of aliphatic hydroxyl groups is 1. The fraction of sp³-hybridized carbons (Fsp3) is 0.200. The van der Waals surface area contributed by atoms with Crippen LogP contribution in [-0.2, 0) is 11.4 Å². The Bertz CT molecular complexity index is 936. The molecule has 0 aliphatic heterocycles. The lowest BCUT2D eigenvalue weighted by Gasteiger charge is -2.18. The van der Waals surface area contributed by atoms with E-state index in [-0.39, 0.29) is 18.5 Å². The number of anilines is 1. The second-order valence-corrected chi connectivity index (χ2v) is 7.40. The molecule has 0 spiro atoms. The van der Waals surface area contributed by atoms with Crippen molar-refractivity contribution >= 4 is 17.2 Å². The van der Waals surface area contributed by atoms with Crippen LogP contribution in [0.25, 0.3) is 22.4 Å². The SMILES string of the molecule is CCC(CO)N[S+]([O-])c1ccccc1-c1ccc(-c2cnc(N)cn2)c(F)c1. The van der Waals surface area contributed by atoms with Crippen molar-refractivity contribution in [3.05, 3.63) is 60.7 Å². The summed E-state index contributed by atoms with van der Waals surface area (Å²) in [6.45, 7) is 1.78. The number of rotatable bonds is 7. The van der Waals surface area contributed by atoms with Gasteiger partial charge in [0, 0.05) is 11.1 Å². The number of nitrogens with zero attached hydrogens (tertiary/aromatic N) is 2. The molecular formula is C20H21FN4O2S. The first-order chi connectivity index (χ1) is 13.5. The van der Waals surface area contributed by atoms with Gasteiger partial charge in [0.1, 0.15) is 11.6 Å². The van der Waals surface area contributed by atoms with Crippen molar-refractivity contribution in [3.8, 4) is 22.4 Å². The predicted molar refractivity (Wildman–Crippen MR) is 108 cm³/mol. The molecule has 0 saturated heterocycles. The Balaban J connectivity index is 1.94. The largest absolute Gasteiger partial charge is 0.593 e. The van der Waals surface area contributed by atoms with Crippen molar-refractivity contribution in [1.82, 2.24) is 14.7 Å². The second kappa shape index (κ2) is 9.11. The smallest absolute Gasteiger partial charge is 0.181 e. The van der Waals surface area contributed by atoms with Gasteiger partial charge in [-0.2, -0.15) is 0 Å². The standard InChI is InChI=1S/C20H21FN4O2S/c1-2-14(12-26)25-28(27)19-6-4-3-5-15(19)13-7-8-16(17(21)9-13)18-10-24-20(22)11-23-18/h3-11,14,25-26H,2,12H2,1H3,(H2,22,24). The molecule has 0 aliphatic rings. The van der Waals surface area contributed by atoms with Crippen LogP contribution in [-0.4, -0.2) is 32.3 Å². The van der Waals surface area contributed by atoms with E-state index >= 15 is 0 Å². The quantitative estimate of drug-likeness (QED) is 0.527. The van der Waals surface area contributed by atoms with Crippen LogP contribution in [0.5, 0.6) is 0 Å². The Labute approximate surface area is 166 Å². The zero-order valence-electron chi connectivity index (χ0n) is 15.3. The highest BCUT2D eigenvalue weighted by atomic mass is 32.2. The lowest BCUT2D eigenvalue weighted by atomic mass is 10.0. The molecule has 0 fully saturated rings. The summed E-state index contributed by atoms with van der Waals surface area (Å²) in [7, 11) is 0. The number of hydrogen-bond donors (Lipinski definition) is 3. The third kappa shape index (κ3) is 4.48. The third-order valence-electron chi connectivity index (χ3n) is 4.30. The van der Waals surface area contributed by atoms with Crippen LogP contribution in [0, 0.1) is 5.82 Å². The van der Waals surface area contributed by atoms with E-state index in [4.69, 9.17) is 5.73 Å². The molecule has 146 valence electrons. The highest BCUT2D eigenvalue weighted by molar-refractivity contribution is 7.89. The summed E-state index contributed by atoms with van der Waals surface area (Å²) in [4.78, 5) is 8.56. The van der Waals surface area contributed by atoms with E-state index in [9.17, 15) is 14.0 Å². The van der Waals surface area contributed by atoms with E-state index in [1.54, 1.807) is 36.4 Å². The number of nitrogens with one attached hydrogen (secondary N) is 1. The number of halogens is 1. The highest BCUT2D eigenvalue weighted by Crippen LogP contribution is 2.31. The van der Waals surface area contributed by atoms with Crippen LogP contribution in [0.2, 0.25) is 0 Å². The van der Waals surface area contributed by atoms with E-state index in [1.165, 1.54) is 18.5 Å². The topological polar surface area (TPSA) is 107 Å². The van der Waals surface area contributed by atoms with E-state index < -0.39 is 17.2 Å². The second-order valence-electron chi connectivity index (χ2n) is 6.19. The van der Waals surface area contributed by atoms with Gasteiger partial charge >= 0.3 is 0 Å². The van der Waals surface area contributed by atoms with Gasteiger partial charge in [0.2, 0.25) is 0 Å². The molecule has 0 radical (unpaired) electrons. The Morgan fingerprint density at radius 1 is 1.18 bits per heavy atom. The number of aliphatic hydroxyl groups excluding tert-OH is 1. The molecule has 3 rings (SSSR count). The van der Waals surface area contributed by atoms with Crippen molar-refractivity contribution in [2.45, 2.75) is 24.3 Å². The monoisotopic (exact) mass is 400 g/mol. The highest BCUT2D eigenvalue weighted by Gasteiger charge is 2.21. The van der Waals surface area contributed by atoms with Gasteiger partial charge in [0.25, 0.3) is 0 Å². The van der Waals surface area contributed by atoms with E-state index in [0.29, 0.717) is 33.7 Å². The number of nitrogen functional groups attached to an aromatic ring is 1. The number of aromatic nitrogens is 2. The van der Waals surface area contributed by atoms with Gasteiger partial charge in [-0.3, -0.25) is 4.98 Å². The summed E-state index contributed by atoms with van der Waals surface area (Å²) >= 11 is -1.54. The fourth-order valence-corrected chi connectivity index (χ4v) is 3.96. The Morgan fingerprint density at radius 2 is 1.96 bits per heavy atom. The van der Waals surface area contributed by atoms with Gasteiger partial charge in [-0.1, -0.05) is 25.1 Å². The zero-order valence-corrected chi connectivity index (χ0v) is 16.1. The first kappa shape index (κ1) is 20.2. The van der Waals surface area contributed by atoms with E-state index in [2.05, 4.69) is 14.7 Å². The zero-order chi connectivity index (χ0) is 20.1. The van der Waals surface area contributed by atoms with E-state index in [1.807, 2.05) is 6.92 Å². The van der Waals surface area contributed by atoms with Crippen LogP contribution in [0.1, 0.15) is 13.3 Å². The molecule has 1 heterocycles. The molecular weight excluding hydrogens is 379 g/mol. The average Bonchev–Trinajstić information content (AvgIpc) is 2.72. The lowest BCUT2D eigenvalue weighted by molar-refractivity contribution is 0.254. The van der Waals surface area contributed by atoms with Gasteiger partial charge in [0.15, 0.2) is 4.90 Å². The molecule has 3 aromatic rings. The van der Waals surface area contributed by atoms with E-state index in [0.717, 1.165) is 0 Å². The van der Waals surface area contributed by atoms with Gasteiger partial charge in [-0.05, 0) is 36.2 Å². The number of benzene rings is 2. The first-order valence-electron chi connectivity index (χ1n) is 8.79. The lowest BCUT2D eigenvalue weighted by Crippen LogP contribution is -2.37. The van der Waals surface area contributed by atoms with Crippen molar-refractivity contribution in [2.24, 2.45) is 0 Å². The molecule has 0 aliphatic carbocycles. The minimum atomic E-state index is -1.54. The van der Waals surface area contributed by atoms with Crippen LogP contribution in [0.15, 0.2) is 59.8 Å². The van der Waals surface area contributed by atoms with Crippen LogP contribution in [0.3, 0.4) is 0 Å². The predicted octanol–water partition coefficient (Wildman–Crippen LogP) is 2.92. The van der Waals surface area contributed by atoms with Gasteiger partial charge < -0.3 is 15.4 Å². The van der Waals surface area contributed by atoms with Gasteiger partial charge in [-0.15, -0.1) is 4.72 Å². The van der Waals surface area contributed by atoms with Crippen molar-refractivity contribution in [2.75, 3.05) is 12.3 Å². The first-order valence-corrected chi connectivity index (χ1v) is 9.94. The molecule has 2 aromatic carbocycles. The van der Waals surface area contributed by atoms with Crippen LogP contribution < -0.4 is 10.5 Å². The maximum atomic E-state index is 14.8. The third-order valence-corrected chi connectivity index (χ3v) is 5.60. The Morgan fingerprint density at radius 3 is 2.61 bits per heavy atom. The molecule has 0 saturated carbocycles. The Kier molecular flexibility index (Phi) is 6.58. The summed E-state index contributed by atoms with van der Waals surface area (Å²) < 4.78 is 30.4. The molecule has 6 nitrogen and oxygen atoms in total. The minimum Gasteiger partial charge on any atom is -0.593 e. The summed E-state index contributed by atoms with van der Waals surface area (Å²) in [5, 5.41) is 9.34. The summed E-state index contributed by atoms with van der Waals surface area (Å²) in [6, 6.07) is 11.5. The average molecular weight is 400 g/mol. The van der Waals surface area contributed by atoms with Gasteiger partial charge in [-0.25, -0.2) is 9.37 Å². The maximum absolute atomic E-state index is 14.8. The molecule has 4 N–H and O–H groups in total. The summed E-state index contributed by atoms with van der Waals surface area (Å²) in [6.07, 6.45) is 3.43. The van der Waals surface area contributed by atoms with Crippen molar-refractivity contribution in [3.63, 3.8) is 0 Å². The van der Waals surface area contributed by atoms with Crippen LogP contribution >= 0.6 is 0 Å². The minimum absolute atomic E-state index is 0.115.